The lowest BCUT2D eigenvalue weighted by Crippen LogP contribution is -2.51. The number of thiophene rings is 1. The van der Waals surface area contributed by atoms with E-state index in [-0.39, 0.29) is 37.5 Å². The monoisotopic (exact) mass is 502 g/mol. The van der Waals surface area contributed by atoms with Crippen LogP contribution in [0.1, 0.15) is 43.2 Å². The Bertz CT molecular complexity index is 1290. The van der Waals surface area contributed by atoms with Gasteiger partial charge in [0.25, 0.3) is 5.91 Å². The van der Waals surface area contributed by atoms with Gasteiger partial charge in [0, 0.05) is 25.8 Å². The highest BCUT2D eigenvalue weighted by atomic mass is 32.1. The average molecular weight is 503 g/mol. The highest BCUT2D eigenvalue weighted by Crippen LogP contribution is 2.43. The number of amides is 1. The van der Waals surface area contributed by atoms with E-state index in [1.807, 2.05) is 6.92 Å². The summed E-state index contributed by atoms with van der Waals surface area (Å²) >= 11 is 1.20. The highest BCUT2D eigenvalue weighted by Gasteiger charge is 2.36. The van der Waals surface area contributed by atoms with E-state index in [1.54, 1.807) is 37.3 Å². The lowest BCUT2D eigenvalue weighted by molar-refractivity contribution is -0.0875. The Labute approximate surface area is 203 Å². The second-order valence-electron chi connectivity index (χ2n) is 8.48. The highest BCUT2D eigenvalue weighted by molar-refractivity contribution is 7.13. The van der Waals surface area contributed by atoms with Crippen molar-refractivity contribution in [3.63, 3.8) is 0 Å². The number of carbonyl (C=O) groups excluding carboxylic acids is 1. The Morgan fingerprint density at radius 3 is 2.49 bits per heavy atom. The SMILES string of the molecule is Cc1c(CN=[N+]=[N-])sc(C2=C(C(F)(F)F)C=C(c3ccc(C(=O)N4CC(F)C4)cc3)CC=C2)c1C. The third kappa shape index (κ3) is 5.04. The quantitative estimate of drug-likeness (QED) is 0.183. The molecule has 10 heteroatoms. The van der Waals surface area contributed by atoms with Gasteiger partial charge >= 0.3 is 6.18 Å². The fourth-order valence-electron chi connectivity index (χ4n) is 4.10. The smallest absolute Gasteiger partial charge is 0.333 e. The van der Waals surface area contributed by atoms with Crippen LogP contribution in [0.5, 0.6) is 0 Å². The second kappa shape index (κ2) is 9.71. The van der Waals surface area contributed by atoms with Crippen molar-refractivity contribution in [1.29, 1.82) is 0 Å². The van der Waals surface area contributed by atoms with Crippen molar-refractivity contribution in [3.8, 4) is 0 Å². The van der Waals surface area contributed by atoms with Crippen molar-refractivity contribution in [2.75, 3.05) is 13.1 Å². The zero-order valence-electron chi connectivity index (χ0n) is 19.1. The van der Waals surface area contributed by atoms with Crippen LogP contribution in [0.15, 0.2) is 53.2 Å². The van der Waals surface area contributed by atoms with E-state index < -0.39 is 17.9 Å². The summed E-state index contributed by atoms with van der Waals surface area (Å²) < 4.78 is 55.8. The first-order chi connectivity index (χ1) is 16.6. The van der Waals surface area contributed by atoms with Gasteiger partial charge in [0.2, 0.25) is 0 Å². The van der Waals surface area contributed by atoms with Crippen molar-refractivity contribution in [1.82, 2.24) is 4.90 Å². The molecule has 5 nitrogen and oxygen atoms in total. The number of hydrogen-bond acceptors (Lipinski definition) is 3. The maximum absolute atomic E-state index is 14.2. The Balaban J connectivity index is 1.72. The predicted octanol–water partition coefficient (Wildman–Crippen LogP) is 7.33. The van der Waals surface area contributed by atoms with Gasteiger partial charge in [-0.1, -0.05) is 29.4 Å². The molecule has 0 N–H and O–H groups in total. The zero-order chi connectivity index (χ0) is 25.3. The summed E-state index contributed by atoms with van der Waals surface area (Å²) in [5.41, 5.74) is 10.9. The van der Waals surface area contributed by atoms with Gasteiger partial charge in [0.15, 0.2) is 0 Å². The second-order valence-corrected chi connectivity index (χ2v) is 9.58. The average Bonchev–Trinajstić information content (AvgIpc) is 2.96. The molecule has 1 saturated heterocycles. The molecule has 4 rings (SSSR count). The van der Waals surface area contributed by atoms with Crippen LogP contribution in [-0.2, 0) is 6.54 Å². The number of hydrogen-bond donors (Lipinski definition) is 0. The van der Waals surface area contributed by atoms with E-state index in [1.165, 1.54) is 22.3 Å². The third-order valence-electron chi connectivity index (χ3n) is 6.23. The first-order valence-electron chi connectivity index (χ1n) is 10.9. The van der Waals surface area contributed by atoms with Crippen LogP contribution in [-0.4, -0.2) is 36.2 Å². The first-order valence-corrected chi connectivity index (χ1v) is 11.7. The molecular weight excluding hydrogens is 480 g/mol. The summed E-state index contributed by atoms with van der Waals surface area (Å²) in [5, 5.41) is 3.56. The maximum atomic E-state index is 14.2. The number of carbonyl (C=O) groups is 1. The minimum atomic E-state index is -4.60. The summed E-state index contributed by atoms with van der Waals surface area (Å²) in [4.78, 5) is 17.7. The van der Waals surface area contributed by atoms with Crippen LogP contribution in [0.25, 0.3) is 21.6 Å². The van der Waals surface area contributed by atoms with Crippen LogP contribution < -0.4 is 0 Å². The summed E-state index contributed by atoms with van der Waals surface area (Å²) in [6, 6.07) is 6.37. The Kier molecular flexibility index (Phi) is 6.87. The maximum Gasteiger partial charge on any atom is 0.417 e. The molecule has 0 saturated carbocycles. The minimum absolute atomic E-state index is 0.0607. The van der Waals surface area contributed by atoms with Gasteiger partial charge in [-0.25, -0.2) is 4.39 Å². The molecule has 1 aliphatic heterocycles. The summed E-state index contributed by atoms with van der Waals surface area (Å²) in [7, 11) is 0. The van der Waals surface area contributed by atoms with Crippen LogP contribution in [0.2, 0.25) is 0 Å². The van der Waals surface area contributed by atoms with Crippen molar-refractivity contribution < 1.29 is 22.4 Å². The molecular formula is C25H22F4N4OS. The molecule has 1 aliphatic carbocycles. The molecule has 0 bridgehead atoms. The summed E-state index contributed by atoms with van der Waals surface area (Å²) in [6.07, 6.45) is -0.966. The Morgan fingerprint density at radius 1 is 1.20 bits per heavy atom. The summed E-state index contributed by atoms with van der Waals surface area (Å²) in [5.74, 6) is -0.293. The van der Waals surface area contributed by atoms with Gasteiger partial charge in [-0.2, -0.15) is 13.2 Å². The summed E-state index contributed by atoms with van der Waals surface area (Å²) in [6.45, 7) is 3.78. The Hall–Kier alpha value is -3.36. The lowest BCUT2D eigenvalue weighted by atomic mass is 9.97. The molecule has 0 spiro atoms. The standard InChI is InChI=1S/C25H22F4N4OS/c1-14-15(2)23(35-22(14)11-31-32-30)20-5-3-4-18(10-21(20)25(27,28)29)16-6-8-17(9-7-16)24(34)33-12-19(26)13-33/h3,5-10,19H,4,11-13H2,1-2H3. The van der Waals surface area contributed by atoms with Gasteiger partial charge in [-0.05, 0) is 66.3 Å². The molecule has 1 fully saturated rings. The predicted molar refractivity (Wildman–Crippen MR) is 129 cm³/mol. The van der Waals surface area contributed by atoms with E-state index in [2.05, 4.69) is 10.0 Å². The van der Waals surface area contributed by atoms with Crippen molar-refractivity contribution in [2.24, 2.45) is 5.11 Å². The Morgan fingerprint density at radius 2 is 1.89 bits per heavy atom. The molecule has 35 heavy (non-hydrogen) atoms. The van der Waals surface area contributed by atoms with Crippen LogP contribution in [0.4, 0.5) is 17.6 Å². The molecule has 1 amide bonds. The number of halogens is 4. The van der Waals surface area contributed by atoms with Crippen molar-refractivity contribution >= 4 is 28.4 Å². The molecule has 0 radical (unpaired) electrons. The van der Waals surface area contributed by atoms with Crippen LogP contribution in [0, 0.1) is 13.8 Å². The number of rotatable bonds is 5. The van der Waals surface area contributed by atoms with Crippen LogP contribution >= 0.6 is 11.3 Å². The molecule has 2 aliphatic rings. The molecule has 2 aromatic rings. The van der Waals surface area contributed by atoms with Crippen LogP contribution in [0.3, 0.4) is 0 Å². The topological polar surface area (TPSA) is 69.1 Å². The van der Waals surface area contributed by atoms with Gasteiger partial charge in [0.05, 0.1) is 25.2 Å². The molecule has 1 aromatic heterocycles. The normalized spacial score (nSPS) is 16.5. The number of allylic oxidation sites excluding steroid dienone is 6. The van der Waals surface area contributed by atoms with Gasteiger partial charge in [-0.3, -0.25) is 4.79 Å². The lowest BCUT2D eigenvalue weighted by Gasteiger charge is -2.34. The first kappa shape index (κ1) is 24.8. The van der Waals surface area contributed by atoms with Gasteiger partial charge in [0.1, 0.15) is 6.17 Å². The molecule has 1 aromatic carbocycles. The van der Waals surface area contributed by atoms with Gasteiger partial charge in [-0.15, -0.1) is 11.3 Å². The number of azide groups is 1. The van der Waals surface area contributed by atoms with E-state index >= 15 is 0 Å². The molecule has 182 valence electrons. The fourth-order valence-corrected chi connectivity index (χ4v) is 5.37. The van der Waals surface area contributed by atoms with Crippen molar-refractivity contribution in [2.45, 2.75) is 39.2 Å². The fraction of sp³-hybridized carbons (Fsp3) is 0.320. The number of benzene rings is 1. The zero-order valence-corrected chi connectivity index (χ0v) is 19.9. The number of nitrogens with zero attached hydrogens (tertiary/aromatic N) is 4. The van der Waals surface area contributed by atoms with Crippen molar-refractivity contribution in [3.05, 3.63) is 90.5 Å². The molecule has 0 atom stereocenters. The van der Waals surface area contributed by atoms with E-state index in [0.29, 0.717) is 21.6 Å². The van der Waals surface area contributed by atoms with E-state index in [4.69, 9.17) is 5.53 Å². The van der Waals surface area contributed by atoms with E-state index in [9.17, 15) is 22.4 Å². The minimum Gasteiger partial charge on any atom is -0.333 e. The molecule has 0 unspecified atom stereocenters. The number of likely N-dealkylation sites (tertiary alicyclic amines) is 1. The van der Waals surface area contributed by atoms with Gasteiger partial charge < -0.3 is 4.90 Å². The third-order valence-corrected chi connectivity index (χ3v) is 7.64. The molecule has 2 heterocycles. The largest absolute Gasteiger partial charge is 0.417 e. The number of alkyl halides is 4. The van der Waals surface area contributed by atoms with E-state index in [0.717, 1.165) is 22.1 Å².